The predicted octanol–water partition coefficient (Wildman–Crippen LogP) is -3.72. The van der Waals surface area contributed by atoms with Gasteiger partial charge in [-0.25, -0.2) is 0 Å². The fourth-order valence-corrected chi connectivity index (χ4v) is 0. The van der Waals surface area contributed by atoms with Gasteiger partial charge in [0.1, 0.15) is 0 Å². The molecule has 0 spiro atoms. The van der Waals surface area contributed by atoms with Crippen molar-refractivity contribution in [3.05, 3.63) is 0 Å². The summed E-state index contributed by atoms with van der Waals surface area (Å²) in [5.74, 6) is 0. The summed E-state index contributed by atoms with van der Waals surface area (Å²) >= 11 is 0. The summed E-state index contributed by atoms with van der Waals surface area (Å²) in [5.41, 5.74) is 0. The Labute approximate surface area is 96.3 Å². The van der Waals surface area contributed by atoms with Crippen molar-refractivity contribution in [1.29, 1.82) is 0 Å². The second-order valence-corrected chi connectivity index (χ2v) is 0.848. The van der Waals surface area contributed by atoms with E-state index in [1.165, 1.54) is 0 Å². The summed E-state index contributed by atoms with van der Waals surface area (Å²) in [7, 11) is -3.13. The van der Waals surface area contributed by atoms with Crippen LogP contribution < -0.4 is 0 Å². The fourth-order valence-electron chi connectivity index (χ4n) is 0. The molecule has 0 aromatic heterocycles. The minimum atomic E-state index is -3.13. The third-order valence-electron chi connectivity index (χ3n) is 0. The van der Waals surface area contributed by atoms with E-state index >= 15 is 0 Å². The molecule has 0 fully saturated rings. The van der Waals surface area contributed by atoms with Gasteiger partial charge in [0, 0.05) is 19.5 Å². The summed E-state index contributed by atoms with van der Waals surface area (Å²) in [5, 5.41) is 0. The van der Waals surface area contributed by atoms with E-state index in [-0.39, 0.29) is 74.6 Å². The van der Waals surface area contributed by atoms with Gasteiger partial charge < -0.3 is 9.59 Å². The molecule has 0 rings (SSSR count). The first-order valence-electron chi connectivity index (χ1n) is 0.651. The van der Waals surface area contributed by atoms with Crippen LogP contribution in [0.5, 0.6) is 0 Å². The molecule has 0 radical (unpaired) electrons. The average Bonchev–Trinajstić information content (AvgIpc) is 0.811. The second-order valence-electron chi connectivity index (χ2n) is 0.283. The van der Waals surface area contributed by atoms with Gasteiger partial charge >= 0.3 is 46.9 Å². The van der Waals surface area contributed by atoms with Gasteiger partial charge in [-0.3, -0.25) is 4.46 Å². The van der Waals surface area contributed by atoms with Gasteiger partial charge in [-0.2, -0.15) is 0 Å². The molecule has 7 heteroatoms. The molecule has 0 aliphatic heterocycles. The van der Waals surface area contributed by atoms with Crippen LogP contribution in [-0.2, 0) is 23.9 Å². The second kappa shape index (κ2) is 15.7. The monoisotopic (exact) mass is 214 g/mol. The van der Waals surface area contributed by atoms with Crippen molar-refractivity contribution in [2.45, 2.75) is 0 Å². The number of hydrogen-bond acceptors (Lipinski definition) is 1. The van der Waals surface area contributed by atoms with Crippen LogP contribution in [0.4, 0.5) is 0 Å². The Hall–Kier alpha value is 2.03. The normalized spacial score (nSPS) is 3.43. The Bertz CT molecular complexity index is 37.9. The van der Waals surface area contributed by atoms with Crippen molar-refractivity contribution in [3.8, 4) is 0 Å². The van der Waals surface area contributed by atoms with E-state index in [9.17, 15) is 0 Å². The minimum Gasteiger partial charge on any atom is 0 e. The van der Waals surface area contributed by atoms with E-state index in [1.807, 2.05) is 0 Å². The third kappa shape index (κ3) is 70.8. The van der Waals surface area contributed by atoms with Crippen LogP contribution in [0, 0.1) is 0 Å². The number of rotatable bonds is 0. The van der Waals surface area contributed by atoms with Gasteiger partial charge in [0.2, 0.25) is 0 Å². The maximum Gasteiger partial charge on any atom is 0 e. The molecule has 0 unspecified atom stereocenters. The van der Waals surface area contributed by atoms with Crippen LogP contribution in [0.2, 0.25) is 0 Å². The first-order chi connectivity index (χ1) is 1.73. The van der Waals surface area contributed by atoms with Gasteiger partial charge in [-0.1, -0.05) is 0 Å². The molecule has 0 saturated carbocycles. The molecular formula is H7AlCaO3SiZn. The molecule has 0 aliphatic carbocycles. The maximum absolute atomic E-state index is 8.74. The average molecular weight is 216 g/mol. The molecule has 0 heterocycles. The molecule has 0 bridgehead atoms. The quantitative estimate of drug-likeness (QED) is 0.409. The SMILES string of the molecule is O=[Si](O)O.[AlH3].[CaH2].[Zn]. The zero-order chi connectivity index (χ0) is 3.58. The molecule has 7 heavy (non-hydrogen) atoms. The van der Waals surface area contributed by atoms with Crippen LogP contribution in [0.15, 0.2) is 0 Å². The molecule has 0 amide bonds. The Morgan fingerprint density at radius 3 is 1.29 bits per heavy atom. The first kappa shape index (κ1) is 23.0. The van der Waals surface area contributed by atoms with E-state index in [4.69, 9.17) is 14.1 Å². The minimum absolute atomic E-state index is 0. The zero-order valence-corrected chi connectivity index (χ0v) is 6.48. The van der Waals surface area contributed by atoms with E-state index < -0.39 is 9.17 Å². The van der Waals surface area contributed by atoms with Crippen molar-refractivity contribution in [1.82, 2.24) is 0 Å². The third-order valence-corrected chi connectivity index (χ3v) is 0. The standard InChI is InChI=1S/Al.Ca.H2O3Si.Zn.5H/c;;1-4(2)3;;;;;;/h;;1-2H;;;;;;. The smallest absolute Gasteiger partial charge is 0 e. The summed E-state index contributed by atoms with van der Waals surface area (Å²) in [6.07, 6.45) is 0. The van der Waals surface area contributed by atoms with Gasteiger partial charge in [0.15, 0.2) is 17.4 Å². The van der Waals surface area contributed by atoms with Crippen LogP contribution in [0.3, 0.4) is 0 Å². The van der Waals surface area contributed by atoms with E-state index in [1.54, 1.807) is 0 Å². The fraction of sp³-hybridized carbons (Fsp3) is 0. The molecule has 2 N–H and O–H groups in total. The van der Waals surface area contributed by atoms with Crippen molar-refractivity contribution < 1.29 is 33.5 Å². The van der Waals surface area contributed by atoms with E-state index in [0.717, 1.165) is 0 Å². The van der Waals surface area contributed by atoms with Crippen LogP contribution in [0.1, 0.15) is 0 Å². The topological polar surface area (TPSA) is 57.5 Å². The molecular weight excluding hydrogens is 209 g/mol. The molecule has 0 aliphatic rings. The Morgan fingerprint density at radius 1 is 1.29 bits per heavy atom. The van der Waals surface area contributed by atoms with Gasteiger partial charge in [-0.05, 0) is 0 Å². The predicted molar refractivity (Wildman–Crippen MR) is 29.4 cm³/mol. The van der Waals surface area contributed by atoms with Gasteiger partial charge in [0.25, 0.3) is 0 Å². The van der Waals surface area contributed by atoms with Crippen LogP contribution in [0.25, 0.3) is 0 Å². The Kier molecular flexibility index (Phi) is 51.6. The van der Waals surface area contributed by atoms with E-state index in [0.29, 0.717) is 0 Å². The van der Waals surface area contributed by atoms with E-state index in [2.05, 4.69) is 0 Å². The van der Waals surface area contributed by atoms with Crippen molar-refractivity contribution in [2.24, 2.45) is 0 Å². The Balaban J connectivity index is -0.0000000150. The largest absolute Gasteiger partial charge is 0 e. The molecule has 3 nitrogen and oxygen atoms in total. The van der Waals surface area contributed by atoms with Crippen LogP contribution >= 0.6 is 0 Å². The first-order valence-corrected chi connectivity index (χ1v) is 1.95. The van der Waals surface area contributed by atoms with Crippen molar-refractivity contribution >= 4 is 64.3 Å². The summed E-state index contributed by atoms with van der Waals surface area (Å²) in [6, 6.07) is 0. The molecule has 0 aromatic carbocycles. The van der Waals surface area contributed by atoms with Crippen molar-refractivity contribution in [2.75, 3.05) is 0 Å². The molecule has 0 saturated heterocycles. The van der Waals surface area contributed by atoms with Gasteiger partial charge in [0.05, 0.1) is 0 Å². The molecule has 0 atom stereocenters. The molecule has 0 aromatic rings. The maximum atomic E-state index is 8.74. The van der Waals surface area contributed by atoms with Crippen LogP contribution in [-0.4, -0.2) is 73.9 Å². The Morgan fingerprint density at radius 2 is 1.29 bits per heavy atom. The molecule has 36 valence electrons. The number of hydrogen-bond donors (Lipinski definition) is 2. The summed E-state index contributed by atoms with van der Waals surface area (Å²) in [4.78, 5) is 14.3. The zero-order valence-electron chi connectivity index (χ0n) is 2.51. The summed E-state index contributed by atoms with van der Waals surface area (Å²) in [6.45, 7) is 0. The van der Waals surface area contributed by atoms with Gasteiger partial charge in [-0.15, -0.1) is 0 Å². The summed E-state index contributed by atoms with van der Waals surface area (Å²) < 4.78 is 8.74. The van der Waals surface area contributed by atoms with Crippen molar-refractivity contribution in [3.63, 3.8) is 0 Å².